The van der Waals surface area contributed by atoms with Crippen molar-refractivity contribution in [3.8, 4) is 5.75 Å². The van der Waals surface area contributed by atoms with Gasteiger partial charge < -0.3 is 9.64 Å². The molecule has 0 amide bonds. The lowest BCUT2D eigenvalue weighted by Crippen LogP contribution is -2.25. The van der Waals surface area contributed by atoms with Crippen LogP contribution in [0, 0.1) is 0 Å². The molecule has 0 atom stereocenters. The number of para-hydroxylation sites is 1. The highest BCUT2D eigenvalue weighted by Gasteiger charge is 2.36. The molecule has 1 aliphatic rings. The molecule has 5 nitrogen and oxygen atoms in total. The number of allylic oxidation sites excluding steroid dienone is 1. The molecule has 1 heterocycles. The van der Waals surface area contributed by atoms with E-state index in [1.807, 2.05) is 0 Å². The van der Waals surface area contributed by atoms with Crippen LogP contribution in [0.5, 0.6) is 5.75 Å². The monoisotopic (exact) mass is 425 g/mol. The third-order valence-electron chi connectivity index (χ3n) is 4.63. The van der Waals surface area contributed by atoms with Crippen LogP contribution in [0.15, 0.2) is 88.8 Å². The first-order valence-corrected chi connectivity index (χ1v) is 10.6. The quantitative estimate of drug-likeness (QED) is 0.550. The van der Waals surface area contributed by atoms with Crippen molar-refractivity contribution in [1.29, 1.82) is 0 Å². The van der Waals surface area contributed by atoms with Crippen LogP contribution in [0.25, 0.3) is 0 Å². The molecule has 0 aliphatic carbocycles. The van der Waals surface area contributed by atoms with Crippen LogP contribution in [0.4, 0.5) is 11.4 Å². The molecule has 0 fully saturated rings. The number of benzene rings is 3. The lowest BCUT2D eigenvalue weighted by atomic mass is 10.1. The predicted octanol–water partition coefficient (Wildman–Crippen LogP) is 5.00. The number of hydrogen-bond donors (Lipinski definition) is 0. The number of carbonyl (C=O) groups is 1. The minimum absolute atomic E-state index is 0.0781. The number of nitrogens with zero attached hydrogens (tertiary/aromatic N) is 1. The number of ether oxygens (including phenoxy) is 1. The molecule has 7 heteroatoms. The summed E-state index contributed by atoms with van der Waals surface area (Å²) in [6.45, 7) is 0. The fourth-order valence-electron chi connectivity index (χ4n) is 3.14. The Kier molecular flexibility index (Phi) is 4.90. The second kappa shape index (κ2) is 7.39. The Bertz CT molecular complexity index is 1220. The third kappa shape index (κ3) is 3.41. The van der Waals surface area contributed by atoms with Crippen molar-refractivity contribution in [3.05, 3.63) is 94.5 Å². The predicted molar refractivity (Wildman–Crippen MR) is 113 cm³/mol. The Hall–Kier alpha value is -3.09. The Balaban J connectivity index is 1.87. The molecule has 1 aliphatic heterocycles. The zero-order valence-electron chi connectivity index (χ0n) is 15.4. The molecule has 0 N–H and O–H groups in total. The molecule has 0 unspecified atom stereocenters. The van der Waals surface area contributed by atoms with Crippen LogP contribution >= 0.6 is 11.6 Å². The first-order chi connectivity index (χ1) is 13.9. The Morgan fingerprint density at radius 3 is 2.24 bits per heavy atom. The summed E-state index contributed by atoms with van der Waals surface area (Å²) in [7, 11) is -2.46. The molecule has 29 heavy (non-hydrogen) atoms. The van der Waals surface area contributed by atoms with E-state index in [0.717, 1.165) is 0 Å². The van der Waals surface area contributed by atoms with Gasteiger partial charge in [-0.25, -0.2) is 8.42 Å². The summed E-state index contributed by atoms with van der Waals surface area (Å²) >= 11 is 5.99. The minimum Gasteiger partial charge on any atom is -0.497 e. The number of sulfone groups is 1. The molecule has 0 spiro atoms. The molecular weight excluding hydrogens is 410 g/mol. The van der Waals surface area contributed by atoms with E-state index in [0.29, 0.717) is 22.1 Å². The number of Topliss-reactive ketones (excluding diaryl/α,β-unsaturated/α-hetero) is 1. The van der Waals surface area contributed by atoms with Crippen molar-refractivity contribution in [2.75, 3.05) is 12.0 Å². The van der Waals surface area contributed by atoms with Crippen molar-refractivity contribution in [3.63, 3.8) is 0 Å². The fourth-order valence-corrected chi connectivity index (χ4v) is 4.81. The Morgan fingerprint density at radius 2 is 1.59 bits per heavy atom. The van der Waals surface area contributed by atoms with E-state index < -0.39 is 15.6 Å². The van der Waals surface area contributed by atoms with E-state index in [2.05, 4.69) is 0 Å². The van der Waals surface area contributed by atoms with Gasteiger partial charge >= 0.3 is 0 Å². The molecule has 0 bridgehead atoms. The summed E-state index contributed by atoms with van der Waals surface area (Å²) in [6, 6.07) is 19.9. The van der Waals surface area contributed by atoms with E-state index >= 15 is 0 Å². The number of halogens is 1. The number of methoxy groups -OCH3 is 1. The molecule has 146 valence electrons. The summed E-state index contributed by atoms with van der Waals surface area (Å²) in [5.41, 5.74) is 1.42. The second-order valence-electron chi connectivity index (χ2n) is 6.37. The molecular formula is C22H16ClNO4S. The molecule has 0 saturated heterocycles. The lowest BCUT2D eigenvalue weighted by molar-refractivity contribution is 0.104. The van der Waals surface area contributed by atoms with Crippen LogP contribution in [0.2, 0.25) is 5.02 Å². The number of hydrogen-bond acceptors (Lipinski definition) is 5. The molecule has 3 aromatic carbocycles. The number of anilines is 2. The van der Waals surface area contributed by atoms with Crippen molar-refractivity contribution >= 4 is 38.6 Å². The minimum atomic E-state index is -3.98. The van der Waals surface area contributed by atoms with Gasteiger partial charge in [0, 0.05) is 22.5 Å². The molecule has 0 saturated carbocycles. The van der Waals surface area contributed by atoms with E-state index in [4.69, 9.17) is 16.3 Å². The first kappa shape index (κ1) is 19.2. The van der Waals surface area contributed by atoms with E-state index in [1.54, 1.807) is 71.6 Å². The summed E-state index contributed by atoms with van der Waals surface area (Å²) < 4.78 is 31.5. The van der Waals surface area contributed by atoms with Crippen molar-refractivity contribution in [2.45, 2.75) is 4.90 Å². The van der Waals surface area contributed by atoms with Crippen LogP contribution < -0.4 is 9.64 Å². The van der Waals surface area contributed by atoms with Crippen molar-refractivity contribution in [2.24, 2.45) is 0 Å². The highest BCUT2D eigenvalue weighted by atomic mass is 35.5. The average molecular weight is 426 g/mol. The summed E-state index contributed by atoms with van der Waals surface area (Å²) in [5.74, 6) is -0.00344. The van der Waals surface area contributed by atoms with Gasteiger partial charge in [0.25, 0.3) is 0 Å². The highest BCUT2D eigenvalue weighted by molar-refractivity contribution is 7.96. The van der Waals surface area contributed by atoms with Crippen LogP contribution in [-0.4, -0.2) is 21.3 Å². The standard InChI is InChI=1S/C22H16ClNO4S/c1-28-18-12-6-15(7-13-18)22(25)21-14-24(17-10-8-16(23)9-11-17)19-4-2-3-5-20(19)29(21,26)27/h2-14H,1H3. The van der Waals surface area contributed by atoms with Gasteiger partial charge in [-0.05, 0) is 60.7 Å². The van der Waals surface area contributed by atoms with E-state index in [1.165, 1.54) is 19.4 Å². The highest BCUT2D eigenvalue weighted by Crippen LogP contribution is 2.40. The zero-order valence-corrected chi connectivity index (χ0v) is 16.9. The van der Waals surface area contributed by atoms with Gasteiger partial charge in [0.1, 0.15) is 10.7 Å². The summed E-state index contributed by atoms with van der Waals surface area (Å²) in [4.78, 5) is 14.6. The molecule has 0 radical (unpaired) electrons. The molecule has 3 aromatic rings. The number of carbonyl (C=O) groups excluding carboxylic acids is 1. The van der Waals surface area contributed by atoms with Gasteiger partial charge in [-0.3, -0.25) is 4.79 Å². The second-order valence-corrected chi connectivity index (χ2v) is 8.69. The van der Waals surface area contributed by atoms with Gasteiger partial charge in [-0.1, -0.05) is 23.7 Å². The SMILES string of the molecule is COc1ccc(C(=O)C2=CN(c3ccc(Cl)cc3)c3ccccc3S2(=O)=O)cc1. The zero-order chi connectivity index (χ0) is 20.6. The first-order valence-electron chi connectivity index (χ1n) is 8.71. The third-order valence-corrected chi connectivity index (χ3v) is 6.68. The maximum absolute atomic E-state index is 13.2. The van der Waals surface area contributed by atoms with Crippen molar-refractivity contribution in [1.82, 2.24) is 0 Å². The number of ketones is 1. The van der Waals surface area contributed by atoms with Crippen LogP contribution in [-0.2, 0) is 9.84 Å². The van der Waals surface area contributed by atoms with Gasteiger partial charge in [0.05, 0.1) is 17.7 Å². The average Bonchev–Trinajstić information content (AvgIpc) is 2.74. The van der Waals surface area contributed by atoms with Gasteiger partial charge in [0.15, 0.2) is 0 Å². The Morgan fingerprint density at radius 1 is 0.931 bits per heavy atom. The van der Waals surface area contributed by atoms with Crippen molar-refractivity contribution < 1.29 is 17.9 Å². The number of fused-ring (bicyclic) bond motifs is 1. The normalized spacial score (nSPS) is 14.7. The lowest BCUT2D eigenvalue weighted by Gasteiger charge is -2.28. The topological polar surface area (TPSA) is 63.7 Å². The smallest absolute Gasteiger partial charge is 0.214 e. The van der Waals surface area contributed by atoms with Crippen LogP contribution in [0.3, 0.4) is 0 Å². The van der Waals surface area contributed by atoms with Gasteiger partial charge in [-0.15, -0.1) is 0 Å². The van der Waals surface area contributed by atoms with Gasteiger partial charge in [-0.2, -0.15) is 0 Å². The Labute approximate surface area is 173 Å². The molecule has 4 rings (SSSR count). The van der Waals surface area contributed by atoms with Gasteiger partial charge in [0.2, 0.25) is 15.6 Å². The van der Waals surface area contributed by atoms with E-state index in [-0.39, 0.29) is 15.4 Å². The maximum Gasteiger partial charge on any atom is 0.214 e. The van der Waals surface area contributed by atoms with Crippen LogP contribution in [0.1, 0.15) is 10.4 Å². The fraction of sp³-hybridized carbons (Fsp3) is 0.0455. The summed E-state index contributed by atoms with van der Waals surface area (Å²) in [6.07, 6.45) is 1.37. The maximum atomic E-state index is 13.2. The molecule has 0 aromatic heterocycles. The number of rotatable bonds is 4. The largest absolute Gasteiger partial charge is 0.497 e. The summed E-state index contributed by atoms with van der Waals surface area (Å²) in [5, 5.41) is 0.560. The van der Waals surface area contributed by atoms with E-state index in [9.17, 15) is 13.2 Å².